The minimum absolute atomic E-state index is 0.396. The molecule has 0 aliphatic carbocycles. The molecule has 0 spiro atoms. The Morgan fingerprint density at radius 2 is 2.33 bits per heavy atom. The van der Waals surface area contributed by atoms with Gasteiger partial charge in [0, 0.05) is 18.0 Å². The molecule has 0 bridgehead atoms. The van der Waals surface area contributed by atoms with Gasteiger partial charge >= 0.3 is 5.97 Å². The van der Waals surface area contributed by atoms with E-state index in [0.29, 0.717) is 0 Å². The molecular formula is C8H14N2O2. The topological polar surface area (TPSA) is 50.7 Å². The molecule has 4 heteroatoms. The third-order valence-electron chi connectivity index (χ3n) is 1.26. The summed E-state index contributed by atoms with van der Waals surface area (Å²) in [6, 6.07) is 0. The maximum absolute atomic E-state index is 10.5. The van der Waals surface area contributed by atoms with Crippen molar-refractivity contribution in [1.82, 2.24) is 5.43 Å². The number of hydrazone groups is 1. The van der Waals surface area contributed by atoms with Gasteiger partial charge < -0.3 is 4.74 Å². The Labute approximate surface area is 72.3 Å². The van der Waals surface area contributed by atoms with Crippen LogP contribution in [0.15, 0.2) is 17.4 Å². The van der Waals surface area contributed by atoms with Gasteiger partial charge in [-0.1, -0.05) is 6.92 Å². The molecule has 0 aromatic heterocycles. The van der Waals surface area contributed by atoms with Crippen molar-refractivity contribution >= 4 is 11.7 Å². The number of hydrogen-bond donors (Lipinski definition) is 1. The first-order valence-corrected chi connectivity index (χ1v) is 3.74. The summed E-state index contributed by atoms with van der Waals surface area (Å²) in [5, 5.41) is 3.92. The van der Waals surface area contributed by atoms with Crippen LogP contribution in [0.3, 0.4) is 0 Å². The zero-order chi connectivity index (χ0) is 9.40. The van der Waals surface area contributed by atoms with Crippen molar-refractivity contribution in [3.8, 4) is 0 Å². The van der Waals surface area contributed by atoms with Crippen molar-refractivity contribution in [2.24, 2.45) is 5.10 Å². The lowest BCUT2D eigenvalue weighted by molar-refractivity contribution is -0.134. The van der Waals surface area contributed by atoms with Gasteiger partial charge in [-0.15, -0.1) is 0 Å². The standard InChI is InChI=1S/C8H14N2O2/c1-4-7(2)10-9-6-5-8(11)12-3/h5-6,9H,4H2,1-3H3/b6-5+,10-7-. The van der Waals surface area contributed by atoms with E-state index in [-0.39, 0.29) is 0 Å². The molecule has 0 aromatic carbocycles. The Hall–Kier alpha value is -1.32. The molecule has 12 heavy (non-hydrogen) atoms. The smallest absolute Gasteiger partial charge is 0.332 e. The van der Waals surface area contributed by atoms with Crippen LogP contribution in [0.25, 0.3) is 0 Å². The van der Waals surface area contributed by atoms with Gasteiger partial charge in [0.15, 0.2) is 0 Å². The molecule has 0 amide bonds. The number of carbonyl (C=O) groups is 1. The summed E-state index contributed by atoms with van der Waals surface area (Å²) in [5.41, 5.74) is 3.58. The lowest BCUT2D eigenvalue weighted by atomic mass is 10.3. The summed E-state index contributed by atoms with van der Waals surface area (Å²) in [5.74, 6) is -0.396. The maximum Gasteiger partial charge on any atom is 0.332 e. The molecule has 0 unspecified atom stereocenters. The fraction of sp³-hybridized carbons (Fsp3) is 0.500. The second kappa shape index (κ2) is 6.39. The lowest BCUT2D eigenvalue weighted by Gasteiger charge is -1.93. The van der Waals surface area contributed by atoms with E-state index in [1.165, 1.54) is 19.4 Å². The van der Waals surface area contributed by atoms with E-state index in [1.54, 1.807) is 0 Å². The number of methoxy groups -OCH3 is 1. The van der Waals surface area contributed by atoms with Crippen LogP contribution in [0.5, 0.6) is 0 Å². The van der Waals surface area contributed by atoms with Crippen LogP contribution < -0.4 is 5.43 Å². The summed E-state index contributed by atoms with van der Waals surface area (Å²) >= 11 is 0. The van der Waals surface area contributed by atoms with Crippen molar-refractivity contribution < 1.29 is 9.53 Å². The number of esters is 1. The zero-order valence-corrected chi connectivity index (χ0v) is 7.63. The highest BCUT2D eigenvalue weighted by atomic mass is 16.5. The molecule has 0 aliphatic rings. The third-order valence-corrected chi connectivity index (χ3v) is 1.26. The van der Waals surface area contributed by atoms with Crippen molar-refractivity contribution in [2.75, 3.05) is 7.11 Å². The Kier molecular flexibility index (Phi) is 5.69. The molecule has 0 aromatic rings. The molecule has 0 rings (SSSR count). The van der Waals surface area contributed by atoms with E-state index in [1.807, 2.05) is 13.8 Å². The predicted molar refractivity (Wildman–Crippen MR) is 47.7 cm³/mol. The summed E-state index contributed by atoms with van der Waals surface area (Å²) in [6.45, 7) is 3.91. The van der Waals surface area contributed by atoms with Gasteiger partial charge in [0.2, 0.25) is 0 Å². The van der Waals surface area contributed by atoms with E-state index in [4.69, 9.17) is 0 Å². The Balaban J connectivity index is 3.68. The number of rotatable bonds is 4. The molecular weight excluding hydrogens is 156 g/mol. The van der Waals surface area contributed by atoms with Crippen LogP contribution in [-0.2, 0) is 9.53 Å². The molecule has 0 heterocycles. The van der Waals surface area contributed by atoms with Gasteiger partial charge in [-0.2, -0.15) is 5.10 Å². The first-order valence-electron chi connectivity index (χ1n) is 3.74. The number of hydrogen-bond acceptors (Lipinski definition) is 4. The fourth-order valence-corrected chi connectivity index (χ4v) is 0.400. The molecule has 4 nitrogen and oxygen atoms in total. The molecule has 68 valence electrons. The normalized spacial score (nSPS) is 11.8. The highest BCUT2D eigenvalue weighted by Crippen LogP contribution is 1.81. The average Bonchev–Trinajstić information content (AvgIpc) is 2.11. The molecule has 0 fully saturated rings. The second-order valence-corrected chi connectivity index (χ2v) is 2.19. The minimum Gasteiger partial charge on any atom is -0.466 e. The van der Waals surface area contributed by atoms with Gasteiger partial charge in [0.1, 0.15) is 0 Å². The van der Waals surface area contributed by atoms with Crippen LogP contribution in [-0.4, -0.2) is 18.8 Å². The fourth-order valence-electron chi connectivity index (χ4n) is 0.400. The minimum atomic E-state index is -0.396. The van der Waals surface area contributed by atoms with E-state index in [9.17, 15) is 4.79 Å². The molecule has 1 N–H and O–H groups in total. The lowest BCUT2D eigenvalue weighted by Crippen LogP contribution is -2.02. The van der Waals surface area contributed by atoms with E-state index >= 15 is 0 Å². The van der Waals surface area contributed by atoms with Gasteiger partial charge in [-0.3, -0.25) is 5.43 Å². The molecule has 0 atom stereocenters. The summed E-state index contributed by atoms with van der Waals surface area (Å²) < 4.78 is 4.37. The number of nitrogens with zero attached hydrogens (tertiary/aromatic N) is 1. The summed E-state index contributed by atoms with van der Waals surface area (Å²) in [4.78, 5) is 10.5. The van der Waals surface area contributed by atoms with E-state index in [0.717, 1.165) is 12.1 Å². The van der Waals surface area contributed by atoms with Gasteiger partial charge in [0.05, 0.1) is 7.11 Å². The van der Waals surface area contributed by atoms with Gasteiger partial charge in [0.25, 0.3) is 0 Å². The first kappa shape index (κ1) is 10.7. The highest BCUT2D eigenvalue weighted by Gasteiger charge is 1.87. The number of carbonyl (C=O) groups excluding carboxylic acids is 1. The molecule has 0 saturated heterocycles. The maximum atomic E-state index is 10.5. The molecule has 0 saturated carbocycles. The largest absolute Gasteiger partial charge is 0.466 e. The first-order chi connectivity index (χ1) is 5.70. The number of nitrogens with one attached hydrogen (secondary N) is 1. The predicted octanol–water partition coefficient (Wildman–Crippen LogP) is 1.05. The Bertz CT molecular complexity index is 197. The Morgan fingerprint density at radius 3 is 2.83 bits per heavy atom. The SMILES string of the molecule is CC/C(C)=N\N/C=C/C(=O)OC. The van der Waals surface area contributed by atoms with E-state index < -0.39 is 5.97 Å². The summed E-state index contributed by atoms with van der Waals surface area (Å²) in [6.07, 6.45) is 3.59. The van der Waals surface area contributed by atoms with Crippen LogP contribution in [0, 0.1) is 0 Å². The van der Waals surface area contributed by atoms with Gasteiger partial charge in [-0.05, 0) is 13.3 Å². The monoisotopic (exact) mass is 170 g/mol. The zero-order valence-electron chi connectivity index (χ0n) is 7.63. The van der Waals surface area contributed by atoms with Crippen molar-refractivity contribution in [3.63, 3.8) is 0 Å². The van der Waals surface area contributed by atoms with Crippen LogP contribution in [0.2, 0.25) is 0 Å². The van der Waals surface area contributed by atoms with Crippen LogP contribution in [0.1, 0.15) is 20.3 Å². The van der Waals surface area contributed by atoms with Crippen LogP contribution >= 0.6 is 0 Å². The average molecular weight is 170 g/mol. The van der Waals surface area contributed by atoms with Gasteiger partial charge in [-0.25, -0.2) is 4.79 Å². The van der Waals surface area contributed by atoms with Crippen LogP contribution in [0.4, 0.5) is 0 Å². The second-order valence-electron chi connectivity index (χ2n) is 2.19. The van der Waals surface area contributed by atoms with Crippen molar-refractivity contribution in [3.05, 3.63) is 12.3 Å². The third kappa shape index (κ3) is 5.46. The molecule has 0 radical (unpaired) electrons. The van der Waals surface area contributed by atoms with E-state index in [2.05, 4.69) is 15.3 Å². The van der Waals surface area contributed by atoms with Crippen molar-refractivity contribution in [2.45, 2.75) is 20.3 Å². The highest BCUT2D eigenvalue weighted by molar-refractivity contribution is 5.82. The Morgan fingerprint density at radius 1 is 1.67 bits per heavy atom. The summed E-state index contributed by atoms with van der Waals surface area (Å²) in [7, 11) is 1.33. The molecule has 0 aliphatic heterocycles. The van der Waals surface area contributed by atoms with Crippen molar-refractivity contribution in [1.29, 1.82) is 0 Å². The number of ether oxygens (including phenoxy) is 1. The quantitative estimate of drug-likeness (QED) is 0.297.